The van der Waals surface area contributed by atoms with E-state index in [2.05, 4.69) is 52.6 Å². The molecule has 0 aliphatic carbocycles. The normalized spacial score (nSPS) is 19.0. The van der Waals surface area contributed by atoms with Crippen LogP contribution in [0.3, 0.4) is 0 Å². The smallest absolute Gasteiger partial charge is 0.240 e. The van der Waals surface area contributed by atoms with E-state index in [9.17, 15) is 4.79 Å². The molecule has 2 fully saturated rings. The summed E-state index contributed by atoms with van der Waals surface area (Å²) in [5.74, 6) is 1.08. The molecule has 1 atom stereocenters. The van der Waals surface area contributed by atoms with Crippen LogP contribution in [0, 0.1) is 17.2 Å². The lowest BCUT2D eigenvalue weighted by atomic mass is 9.98. The molecule has 0 spiro atoms. The highest BCUT2D eigenvalue weighted by Crippen LogP contribution is 2.44. The maximum absolute atomic E-state index is 13.5. The predicted octanol–water partition coefficient (Wildman–Crippen LogP) is 8.62. The second-order valence-corrected chi connectivity index (χ2v) is 18.6. The molecule has 0 bridgehead atoms. The van der Waals surface area contributed by atoms with Crippen LogP contribution >= 0.6 is 23.2 Å². The Bertz CT molecular complexity index is 1210. The van der Waals surface area contributed by atoms with Crippen LogP contribution in [0.2, 0.25) is 26.7 Å². The van der Waals surface area contributed by atoms with E-state index in [1.165, 1.54) is 0 Å². The van der Waals surface area contributed by atoms with Crippen molar-refractivity contribution in [2.24, 2.45) is 5.92 Å². The molecule has 2 aliphatic heterocycles. The van der Waals surface area contributed by atoms with Gasteiger partial charge in [-0.25, -0.2) is 5.01 Å². The number of halogens is 2. The van der Waals surface area contributed by atoms with E-state index in [1.54, 1.807) is 36.4 Å². The van der Waals surface area contributed by atoms with Gasteiger partial charge in [-0.15, -0.1) is 0 Å². The highest BCUT2D eigenvalue weighted by Gasteiger charge is 2.47. The Morgan fingerprint density at radius 3 is 1.98 bits per heavy atom. The fourth-order valence-corrected chi connectivity index (χ4v) is 13.2. The number of nitriles is 1. The average Bonchev–Trinajstić information content (AvgIpc) is 3.29. The molecule has 4 rings (SSSR count). The largest absolute Gasteiger partial charge is 0.457 e. The molecule has 0 unspecified atom stereocenters. The number of rotatable bonds is 10. The van der Waals surface area contributed by atoms with Gasteiger partial charge in [-0.1, -0.05) is 64.7 Å². The van der Waals surface area contributed by atoms with E-state index in [0.29, 0.717) is 56.7 Å². The van der Waals surface area contributed by atoms with Gasteiger partial charge in [0.2, 0.25) is 14.2 Å². The summed E-state index contributed by atoms with van der Waals surface area (Å²) >= 11 is 13.3. The summed E-state index contributed by atoms with van der Waals surface area (Å²) in [5, 5.41) is 14.1. The molecule has 2 aromatic carbocycles. The second kappa shape index (κ2) is 13.5. The Morgan fingerprint density at radius 1 is 0.902 bits per heavy atom. The van der Waals surface area contributed by atoms with Gasteiger partial charge in [0.25, 0.3) is 0 Å². The number of hydrazine groups is 1. The highest BCUT2D eigenvalue weighted by molar-refractivity contribution is 6.77. The van der Waals surface area contributed by atoms with Gasteiger partial charge < -0.3 is 9.16 Å². The van der Waals surface area contributed by atoms with E-state index in [1.807, 2.05) is 5.01 Å². The number of hydrogen-bond acceptors (Lipinski definition) is 5. The molecular weight excluding hydrogens is 573 g/mol. The van der Waals surface area contributed by atoms with Crippen molar-refractivity contribution in [1.29, 1.82) is 5.26 Å². The molecule has 2 saturated heterocycles. The van der Waals surface area contributed by atoms with Crippen LogP contribution in [0.15, 0.2) is 36.4 Å². The first-order valence-corrected chi connectivity index (χ1v) is 17.8. The first-order valence-electron chi connectivity index (χ1n) is 14.9. The number of piperidine rings is 1. The summed E-state index contributed by atoms with van der Waals surface area (Å²) < 4.78 is 12.9. The molecule has 2 heterocycles. The summed E-state index contributed by atoms with van der Waals surface area (Å²) in [6.45, 7) is 16.4. The monoisotopic (exact) mass is 615 g/mol. The third-order valence-electron chi connectivity index (χ3n) is 8.91. The molecule has 0 aromatic heterocycles. The number of ether oxygens (including phenoxy) is 1. The minimum Gasteiger partial charge on any atom is -0.457 e. The topological polar surface area (TPSA) is 65.8 Å². The molecular formula is C32H43Cl2N3O3Si. The van der Waals surface area contributed by atoms with Crippen molar-refractivity contribution in [2.75, 3.05) is 19.6 Å². The van der Waals surface area contributed by atoms with E-state index in [0.717, 1.165) is 37.9 Å². The predicted molar refractivity (Wildman–Crippen MR) is 168 cm³/mol. The Morgan fingerprint density at radius 2 is 1.46 bits per heavy atom. The van der Waals surface area contributed by atoms with Gasteiger partial charge in [0.1, 0.15) is 11.5 Å². The van der Waals surface area contributed by atoms with Crippen molar-refractivity contribution in [3.05, 3.63) is 57.6 Å². The summed E-state index contributed by atoms with van der Waals surface area (Å²) in [5.41, 5.74) is 3.03. The number of carbonyl (C=O) groups is 1. The lowest BCUT2D eigenvalue weighted by Gasteiger charge is -2.47. The fraction of sp³-hybridized carbons (Fsp3) is 0.562. The number of carbonyl (C=O) groups excluding carboxylic acids is 1. The molecule has 6 nitrogen and oxygen atoms in total. The molecule has 2 aromatic rings. The van der Waals surface area contributed by atoms with E-state index >= 15 is 0 Å². The maximum atomic E-state index is 13.5. The molecule has 41 heavy (non-hydrogen) atoms. The van der Waals surface area contributed by atoms with Gasteiger partial charge in [0.15, 0.2) is 0 Å². The third kappa shape index (κ3) is 6.95. The van der Waals surface area contributed by atoms with Crippen LogP contribution in [-0.2, 0) is 15.6 Å². The number of hydrogen-bond donors (Lipinski definition) is 0. The molecule has 222 valence electrons. The van der Waals surface area contributed by atoms with Crippen LogP contribution in [0.4, 0.5) is 0 Å². The summed E-state index contributed by atoms with van der Waals surface area (Å²) in [6, 6.07) is 12.4. The summed E-state index contributed by atoms with van der Waals surface area (Å²) in [6.07, 6.45) is 3.44. The Hall–Kier alpha value is -2.08. The lowest BCUT2D eigenvalue weighted by Crippen LogP contribution is -2.54. The quantitative estimate of drug-likeness (QED) is 0.250. The molecule has 0 N–H and O–H groups in total. The molecule has 1 amide bonds. The third-order valence-corrected chi connectivity index (χ3v) is 15.7. The van der Waals surface area contributed by atoms with Gasteiger partial charge in [0, 0.05) is 41.7 Å². The number of benzene rings is 2. The van der Waals surface area contributed by atoms with E-state index < -0.39 is 8.32 Å². The van der Waals surface area contributed by atoms with Gasteiger partial charge in [-0.05, 0) is 84.3 Å². The first-order chi connectivity index (χ1) is 19.5. The van der Waals surface area contributed by atoms with E-state index in [-0.39, 0.29) is 17.9 Å². The van der Waals surface area contributed by atoms with Gasteiger partial charge in [-0.3, -0.25) is 9.80 Å². The van der Waals surface area contributed by atoms with Crippen LogP contribution in [0.25, 0.3) is 0 Å². The lowest BCUT2D eigenvalue weighted by molar-refractivity contribution is -0.149. The van der Waals surface area contributed by atoms with Crippen molar-refractivity contribution in [2.45, 2.75) is 90.0 Å². The maximum Gasteiger partial charge on any atom is 0.240 e. The summed E-state index contributed by atoms with van der Waals surface area (Å²) in [4.78, 5) is 13.5. The number of amides is 1. The van der Waals surface area contributed by atoms with Gasteiger partial charge >= 0.3 is 0 Å². The van der Waals surface area contributed by atoms with Crippen molar-refractivity contribution >= 4 is 37.4 Å². The Kier molecular flexibility index (Phi) is 10.5. The minimum atomic E-state index is -1.92. The van der Waals surface area contributed by atoms with Crippen molar-refractivity contribution < 1.29 is 14.0 Å². The second-order valence-electron chi connectivity index (χ2n) is 12.3. The van der Waals surface area contributed by atoms with Crippen molar-refractivity contribution in [3.63, 3.8) is 0 Å². The SMILES string of the molecule is CC(C)[Si](OC1CCN(N2CC[C@@H](Cc3c(Cl)cc(Oc4ccc(C#N)cc4)cc3Cl)C2=O)CC1)(C(C)C)C(C)C. The Labute approximate surface area is 256 Å². The Balaban J connectivity index is 1.35. The standard InChI is InChI=1S/C32H43Cl2N3O3Si/c1-21(2)41(22(3)4,23(5)6)40-27-12-14-36(15-13-27)37-16-11-25(32(37)38)17-29-30(33)18-28(19-31(29)34)39-26-9-7-24(20-35)8-10-26/h7-10,18-19,21-23,25,27H,11-17H2,1-6H3/t25-/m0/s1. The first kappa shape index (κ1) is 31.8. The molecule has 0 radical (unpaired) electrons. The highest BCUT2D eigenvalue weighted by atomic mass is 35.5. The zero-order chi connectivity index (χ0) is 29.9. The fourth-order valence-electron chi connectivity index (χ4n) is 6.90. The number of nitrogens with zero attached hydrogens (tertiary/aromatic N) is 3. The van der Waals surface area contributed by atoms with Crippen molar-refractivity contribution in [1.82, 2.24) is 10.0 Å². The zero-order valence-corrected chi connectivity index (χ0v) is 27.6. The summed E-state index contributed by atoms with van der Waals surface area (Å²) in [7, 11) is -1.92. The van der Waals surface area contributed by atoms with Crippen LogP contribution in [-0.4, -0.2) is 50.0 Å². The van der Waals surface area contributed by atoms with Gasteiger partial charge in [-0.2, -0.15) is 5.26 Å². The van der Waals surface area contributed by atoms with E-state index in [4.69, 9.17) is 37.6 Å². The minimum absolute atomic E-state index is 0.143. The molecule has 2 aliphatic rings. The van der Waals surface area contributed by atoms with Crippen LogP contribution < -0.4 is 4.74 Å². The average molecular weight is 617 g/mol. The van der Waals surface area contributed by atoms with Crippen LogP contribution in [0.1, 0.15) is 71.9 Å². The zero-order valence-electron chi connectivity index (χ0n) is 25.1. The van der Waals surface area contributed by atoms with Crippen LogP contribution in [0.5, 0.6) is 11.5 Å². The molecule has 9 heteroatoms. The van der Waals surface area contributed by atoms with Gasteiger partial charge in [0.05, 0.1) is 11.6 Å². The molecule has 0 saturated carbocycles. The van der Waals surface area contributed by atoms with Crippen molar-refractivity contribution in [3.8, 4) is 17.6 Å².